The Hall–Kier alpha value is -2.23. The van der Waals surface area contributed by atoms with E-state index in [1.165, 1.54) is 47.0 Å². The number of amides is 1. The largest absolute Gasteiger partial charge is 0.465 e. The van der Waals surface area contributed by atoms with Crippen molar-refractivity contribution >= 4 is 38.2 Å². The number of benzene rings is 1. The molecule has 0 radical (unpaired) electrons. The minimum Gasteiger partial charge on any atom is -0.465 e. The molecular weight excluding hydrogens is 412 g/mol. The summed E-state index contributed by atoms with van der Waals surface area (Å²) in [5.41, 5.74) is 1.72. The van der Waals surface area contributed by atoms with Gasteiger partial charge in [0.05, 0.1) is 17.6 Å². The van der Waals surface area contributed by atoms with Crippen molar-refractivity contribution in [2.45, 2.75) is 43.0 Å². The summed E-state index contributed by atoms with van der Waals surface area (Å²) in [5.74, 6) is -0.848. The minimum absolute atomic E-state index is 0.0699. The molecule has 1 fully saturated rings. The number of rotatable bonds is 6. The quantitative estimate of drug-likeness (QED) is 0.706. The van der Waals surface area contributed by atoms with Crippen LogP contribution in [0.2, 0.25) is 0 Å². The summed E-state index contributed by atoms with van der Waals surface area (Å²) >= 11 is 1.40. The van der Waals surface area contributed by atoms with Gasteiger partial charge in [0.2, 0.25) is 10.0 Å². The van der Waals surface area contributed by atoms with Crippen LogP contribution in [0.4, 0.5) is 5.00 Å². The lowest BCUT2D eigenvalue weighted by Gasteiger charge is -2.16. The number of fused-ring (bicyclic) bond motifs is 1. The van der Waals surface area contributed by atoms with Crippen LogP contribution in [0.3, 0.4) is 0 Å². The number of ether oxygens (including phenoxy) is 1. The standard InChI is InChI=1S/C20H22N2O5S2/c1-22(13-8-9-13)29(25,26)14-10-6-12(7-11-14)18(23)21-19-17(20(24)27-2)15-4-3-5-16(15)28-19/h6-7,10-11,13H,3-5,8-9H2,1-2H3,(H,21,23). The van der Waals surface area contributed by atoms with E-state index in [4.69, 9.17) is 4.74 Å². The lowest BCUT2D eigenvalue weighted by Crippen LogP contribution is -2.29. The van der Waals surface area contributed by atoms with E-state index in [1.807, 2.05) is 0 Å². The second kappa shape index (κ2) is 7.55. The maximum Gasteiger partial charge on any atom is 0.341 e. The number of carbonyl (C=O) groups excluding carboxylic acids is 2. The second-order valence-electron chi connectivity index (χ2n) is 7.28. The van der Waals surface area contributed by atoms with Crippen molar-refractivity contribution in [3.05, 3.63) is 45.8 Å². The van der Waals surface area contributed by atoms with Gasteiger partial charge in [-0.3, -0.25) is 4.79 Å². The summed E-state index contributed by atoms with van der Waals surface area (Å²) < 4.78 is 31.5. The van der Waals surface area contributed by atoms with Crippen LogP contribution in [0.1, 0.15) is 50.4 Å². The molecular formula is C20H22N2O5S2. The highest BCUT2D eigenvalue weighted by atomic mass is 32.2. The van der Waals surface area contributed by atoms with Gasteiger partial charge < -0.3 is 10.1 Å². The van der Waals surface area contributed by atoms with E-state index in [9.17, 15) is 18.0 Å². The number of hydrogen-bond donors (Lipinski definition) is 1. The van der Waals surface area contributed by atoms with Gasteiger partial charge in [-0.1, -0.05) is 0 Å². The highest BCUT2D eigenvalue weighted by Gasteiger charge is 2.35. The molecule has 0 bridgehead atoms. The molecule has 2 aliphatic carbocycles. The van der Waals surface area contributed by atoms with Gasteiger partial charge in [-0.15, -0.1) is 11.3 Å². The maximum atomic E-state index is 12.7. The Labute approximate surface area is 173 Å². The number of anilines is 1. The topological polar surface area (TPSA) is 92.8 Å². The van der Waals surface area contributed by atoms with Gasteiger partial charge in [-0.25, -0.2) is 13.2 Å². The van der Waals surface area contributed by atoms with Crippen LogP contribution in [0, 0.1) is 0 Å². The molecule has 0 aliphatic heterocycles. The molecule has 2 aromatic rings. The molecule has 1 N–H and O–H groups in total. The van der Waals surface area contributed by atoms with E-state index in [2.05, 4.69) is 5.32 Å². The van der Waals surface area contributed by atoms with Crippen LogP contribution in [-0.2, 0) is 27.6 Å². The average Bonchev–Trinajstić information content (AvgIpc) is 3.37. The number of sulfonamides is 1. The van der Waals surface area contributed by atoms with Crippen molar-refractivity contribution in [3.63, 3.8) is 0 Å². The molecule has 0 spiro atoms. The van der Waals surface area contributed by atoms with Gasteiger partial charge in [0.1, 0.15) is 5.00 Å². The first-order valence-electron chi connectivity index (χ1n) is 9.45. The highest BCUT2D eigenvalue weighted by Crippen LogP contribution is 2.39. The minimum atomic E-state index is -3.55. The van der Waals surface area contributed by atoms with Crippen molar-refractivity contribution in [1.82, 2.24) is 4.31 Å². The number of hydrogen-bond acceptors (Lipinski definition) is 6. The second-order valence-corrected chi connectivity index (χ2v) is 10.4. The molecule has 29 heavy (non-hydrogen) atoms. The van der Waals surface area contributed by atoms with Crippen molar-refractivity contribution in [3.8, 4) is 0 Å². The fourth-order valence-electron chi connectivity index (χ4n) is 3.56. The van der Waals surface area contributed by atoms with Gasteiger partial charge in [-0.2, -0.15) is 4.31 Å². The molecule has 0 saturated heterocycles. The fraction of sp³-hybridized carbons (Fsp3) is 0.400. The first-order valence-corrected chi connectivity index (χ1v) is 11.7. The predicted octanol–water partition coefficient (Wildman–Crippen LogP) is 3.06. The Bertz CT molecular complexity index is 1070. The predicted molar refractivity (Wildman–Crippen MR) is 110 cm³/mol. The van der Waals surface area contributed by atoms with Gasteiger partial charge in [-0.05, 0) is 61.9 Å². The molecule has 2 aliphatic rings. The molecule has 7 nitrogen and oxygen atoms in total. The smallest absolute Gasteiger partial charge is 0.341 e. The van der Waals surface area contributed by atoms with Crippen LogP contribution < -0.4 is 5.32 Å². The summed E-state index contributed by atoms with van der Waals surface area (Å²) in [5, 5.41) is 3.28. The SMILES string of the molecule is COC(=O)c1c(NC(=O)c2ccc(S(=O)(=O)N(C)C3CC3)cc2)sc2c1CCC2. The van der Waals surface area contributed by atoms with E-state index < -0.39 is 21.9 Å². The van der Waals surface area contributed by atoms with Crippen LogP contribution >= 0.6 is 11.3 Å². The van der Waals surface area contributed by atoms with Crippen molar-refractivity contribution < 1.29 is 22.7 Å². The van der Waals surface area contributed by atoms with Crippen LogP contribution in [-0.4, -0.2) is 44.8 Å². The summed E-state index contributed by atoms with van der Waals surface area (Å²) in [6.07, 6.45) is 4.44. The Kier molecular flexibility index (Phi) is 5.22. The number of esters is 1. The number of nitrogens with one attached hydrogen (secondary N) is 1. The molecule has 154 valence electrons. The molecule has 4 rings (SSSR count). The molecule has 9 heteroatoms. The Balaban J connectivity index is 1.55. The molecule has 1 heterocycles. The third kappa shape index (κ3) is 3.70. The summed E-state index contributed by atoms with van der Waals surface area (Å²) in [4.78, 5) is 26.2. The molecule has 1 aromatic heterocycles. The average molecular weight is 435 g/mol. The Morgan fingerprint density at radius 3 is 2.48 bits per heavy atom. The van der Waals surface area contributed by atoms with Crippen LogP contribution in [0.5, 0.6) is 0 Å². The molecule has 0 atom stereocenters. The number of aryl methyl sites for hydroxylation is 1. The van der Waals surface area contributed by atoms with Crippen molar-refractivity contribution in [1.29, 1.82) is 0 Å². The van der Waals surface area contributed by atoms with Gasteiger partial charge in [0.25, 0.3) is 5.91 Å². The number of carbonyl (C=O) groups is 2. The lowest BCUT2D eigenvalue weighted by atomic mass is 10.1. The summed E-state index contributed by atoms with van der Waals surface area (Å²) in [6.45, 7) is 0. The Morgan fingerprint density at radius 1 is 1.17 bits per heavy atom. The zero-order valence-corrected chi connectivity index (χ0v) is 17.9. The zero-order valence-electron chi connectivity index (χ0n) is 16.2. The molecule has 1 amide bonds. The first-order chi connectivity index (χ1) is 13.8. The summed E-state index contributed by atoms with van der Waals surface area (Å²) in [7, 11) is -0.649. The van der Waals surface area contributed by atoms with Gasteiger partial charge in [0.15, 0.2) is 0 Å². The number of thiophene rings is 1. The van der Waals surface area contributed by atoms with Crippen molar-refractivity contribution in [2.75, 3.05) is 19.5 Å². The van der Waals surface area contributed by atoms with E-state index >= 15 is 0 Å². The van der Waals surface area contributed by atoms with E-state index in [1.54, 1.807) is 7.05 Å². The lowest BCUT2D eigenvalue weighted by molar-refractivity contribution is 0.0601. The molecule has 0 unspecified atom stereocenters. The van der Waals surface area contributed by atoms with Crippen LogP contribution in [0.25, 0.3) is 0 Å². The fourth-order valence-corrected chi connectivity index (χ4v) is 6.25. The van der Waals surface area contributed by atoms with Crippen molar-refractivity contribution in [2.24, 2.45) is 0 Å². The van der Waals surface area contributed by atoms with E-state index in [0.29, 0.717) is 16.1 Å². The monoisotopic (exact) mass is 434 g/mol. The van der Waals surface area contributed by atoms with Gasteiger partial charge >= 0.3 is 5.97 Å². The number of methoxy groups -OCH3 is 1. The molecule has 1 aromatic carbocycles. The highest BCUT2D eigenvalue weighted by molar-refractivity contribution is 7.89. The summed E-state index contributed by atoms with van der Waals surface area (Å²) in [6, 6.07) is 5.93. The van der Waals surface area contributed by atoms with E-state index in [0.717, 1.165) is 42.5 Å². The Morgan fingerprint density at radius 2 is 1.86 bits per heavy atom. The first kappa shape index (κ1) is 20.1. The zero-order chi connectivity index (χ0) is 20.8. The molecule has 1 saturated carbocycles. The third-order valence-electron chi connectivity index (χ3n) is 5.39. The third-order valence-corrected chi connectivity index (χ3v) is 8.52. The van der Waals surface area contributed by atoms with Gasteiger partial charge in [0, 0.05) is 23.5 Å². The van der Waals surface area contributed by atoms with Crippen LogP contribution in [0.15, 0.2) is 29.2 Å². The maximum absolute atomic E-state index is 12.7. The normalized spacial score (nSPS) is 16.0. The number of nitrogens with zero attached hydrogens (tertiary/aromatic N) is 1. The van der Waals surface area contributed by atoms with E-state index in [-0.39, 0.29) is 10.9 Å².